The summed E-state index contributed by atoms with van der Waals surface area (Å²) in [6.45, 7) is 4.83. The van der Waals surface area contributed by atoms with Crippen LogP contribution in [0.5, 0.6) is 0 Å². The van der Waals surface area contributed by atoms with Gasteiger partial charge in [-0.1, -0.05) is 6.07 Å². The Morgan fingerprint density at radius 3 is 2.45 bits per heavy atom. The molecule has 104 valence electrons. The zero-order valence-electron chi connectivity index (χ0n) is 11.4. The van der Waals surface area contributed by atoms with Gasteiger partial charge < -0.3 is 4.90 Å². The number of anilines is 1. The Labute approximate surface area is 118 Å². The lowest BCUT2D eigenvalue weighted by Gasteiger charge is -2.36. The van der Waals surface area contributed by atoms with E-state index < -0.39 is 0 Å². The average molecular weight is 271 g/mol. The minimum atomic E-state index is -0.165. The Morgan fingerprint density at radius 2 is 1.75 bits per heavy atom. The monoisotopic (exact) mass is 271 g/mol. The summed E-state index contributed by atoms with van der Waals surface area (Å²) < 4.78 is 13.2. The minimum absolute atomic E-state index is 0.165. The Bertz CT molecular complexity index is 551. The first-order chi connectivity index (χ1) is 9.81. The van der Waals surface area contributed by atoms with E-state index in [2.05, 4.69) is 26.9 Å². The van der Waals surface area contributed by atoms with Gasteiger partial charge in [-0.3, -0.25) is 9.88 Å². The van der Waals surface area contributed by atoms with Crippen molar-refractivity contribution in [3.63, 3.8) is 0 Å². The minimum Gasteiger partial charge on any atom is -0.369 e. The molecule has 1 aromatic heterocycles. The highest BCUT2D eigenvalue weighted by Gasteiger charge is 2.17. The van der Waals surface area contributed by atoms with Crippen LogP contribution < -0.4 is 4.90 Å². The number of rotatable bonds is 3. The van der Waals surface area contributed by atoms with Crippen molar-refractivity contribution in [2.24, 2.45) is 0 Å². The molecule has 0 saturated carbocycles. The van der Waals surface area contributed by atoms with Gasteiger partial charge in [-0.05, 0) is 35.9 Å². The van der Waals surface area contributed by atoms with Crippen LogP contribution in [0.1, 0.15) is 5.56 Å². The van der Waals surface area contributed by atoms with Gasteiger partial charge in [0.25, 0.3) is 0 Å². The quantitative estimate of drug-likeness (QED) is 0.855. The van der Waals surface area contributed by atoms with Crippen LogP contribution in [0.25, 0.3) is 0 Å². The van der Waals surface area contributed by atoms with Crippen LogP contribution in [0, 0.1) is 5.82 Å². The van der Waals surface area contributed by atoms with Gasteiger partial charge in [-0.15, -0.1) is 0 Å². The molecule has 0 radical (unpaired) electrons. The predicted molar refractivity (Wildman–Crippen MR) is 78.1 cm³/mol. The van der Waals surface area contributed by atoms with Crippen molar-refractivity contribution in [1.29, 1.82) is 0 Å². The van der Waals surface area contributed by atoms with Crippen molar-refractivity contribution in [1.82, 2.24) is 9.88 Å². The lowest BCUT2D eigenvalue weighted by Crippen LogP contribution is -2.46. The van der Waals surface area contributed by atoms with Crippen LogP contribution in [-0.4, -0.2) is 36.1 Å². The third-order valence-electron chi connectivity index (χ3n) is 3.70. The fraction of sp³-hybridized carbons (Fsp3) is 0.312. The van der Waals surface area contributed by atoms with Crippen LogP contribution in [0.2, 0.25) is 0 Å². The van der Waals surface area contributed by atoms with Crippen molar-refractivity contribution >= 4 is 5.69 Å². The summed E-state index contributed by atoms with van der Waals surface area (Å²) in [5.41, 5.74) is 2.27. The molecule has 0 atom stereocenters. The Kier molecular flexibility index (Phi) is 3.92. The molecule has 0 aliphatic carbocycles. The zero-order valence-corrected chi connectivity index (χ0v) is 11.4. The van der Waals surface area contributed by atoms with Crippen molar-refractivity contribution in [2.45, 2.75) is 6.54 Å². The molecular formula is C16H18FN3. The molecule has 2 heterocycles. The molecular weight excluding hydrogens is 253 g/mol. The molecule has 1 fully saturated rings. The predicted octanol–water partition coefficient (Wildman–Crippen LogP) is 2.54. The highest BCUT2D eigenvalue weighted by atomic mass is 19.1. The van der Waals surface area contributed by atoms with Crippen molar-refractivity contribution in [3.8, 4) is 0 Å². The van der Waals surface area contributed by atoms with Crippen LogP contribution in [0.4, 0.5) is 10.1 Å². The molecule has 0 bridgehead atoms. The number of pyridine rings is 1. The number of hydrogen-bond donors (Lipinski definition) is 0. The van der Waals surface area contributed by atoms with E-state index in [4.69, 9.17) is 0 Å². The summed E-state index contributed by atoms with van der Waals surface area (Å²) in [6.07, 6.45) is 3.66. The van der Waals surface area contributed by atoms with Crippen LogP contribution in [0.15, 0.2) is 48.8 Å². The summed E-state index contributed by atoms with van der Waals surface area (Å²) in [5.74, 6) is -0.165. The van der Waals surface area contributed by atoms with E-state index >= 15 is 0 Å². The van der Waals surface area contributed by atoms with Gasteiger partial charge in [0.2, 0.25) is 0 Å². The molecule has 0 unspecified atom stereocenters. The zero-order chi connectivity index (χ0) is 13.8. The van der Waals surface area contributed by atoms with Gasteiger partial charge >= 0.3 is 0 Å². The average Bonchev–Trinajstić information content (AvgIpc) is 2.49. The second kappa shape index (κ2) is 6.01. The van der Waals surface area contributed by atoms with Gasteiger partial charge in [0.1, 0.15) is 5.82 Å². The smallest absolute Gasteiger partial charge is 0.125 e. The van der Waals surface area contributed by atoms with Crippen molar-refractivity contribution in [2.75, 3.05) is 31.1 Å². The number of halogens is 1. The molecule has 2 aromatic rings. The first-order valence-corrected chi connectivity index (χ1v) is 6.93. The van der Waals surface area contributed by atoms with Gasteiger partial charge in [-0.25, -0.2) is 4.39 Å². The standard InChI is InChI=1S/C16H18FN3/c17-15-2-1-3-16(12-15)20-10-8-19(9-11-20)13-14-4-6-18-7-5-14/h1-7,12H,8-11,13H2. The molecule has 1 aliphatic rings. The van der Waals surface area contributed by atoms with Gasteiger partial charge in [0.15, 0.2) is 0 Å². The lowest BCUT2D eigenvalue weighted by atomic mass is 10.2. The first-order valence-electron chi connectivity index (χ1n) is 6.93. The summed E-state index contributed by atoms with van der Waals surface area (Å²) >= 11 is 0. The van der Waals surface area contributed by atoms with Crippen molar-refractivity contribution in [3.05, 3.63) is 60.2 Å². The summed E-state index contributed by atoms with van der Waals surface area (Å²) in [6, 6.07) is 11.0. The van der Waals surface area contributed by atoms with E-state index in [1.807, 2.05) is 18.5 Å². The molecule has 20 heavy (non-hydrogen) atoms. The van der Waals surface area contributed by atoms with Gasteiger partial charge in [0, 0.05) is 50.8 Å². The van der Waals surface area contributed by atoms with Crippen LogP contribution in [0.3, 0.4) is 0 Å². The topological polar surface area (TPSA) is 19.4 Å². The molecule has 1 saturated heterocycles. The van der Waals surface area contributed by atoms with Gasteiger partial charge in [0.05, 0.1) is 0 Å². The fourth-order valence-electron chi connectivity index (χ4n) is 2.58. The normalized spacial score (nSPS) is 16.4. The lowest BCUT2D eigenvalue weighted by molar-refractivity contribution is 0.250. The SMILES string of the molecule is Fc1cccc(N2CCN(Cc3ccncc3)CC2)c1. The Balaban J connectivity index is 1.57. The fourth-order valence-corrected chi connectivity index (χ4v) is 2.58. The summed E-state index contributed by atoms with van der Waals surface area (Å²) in [4.78, 5) is 8.70. The molecule has 1 aliphatic heterocycles. The van der Waals surface area contributed by atoms with E-state index in [1.54, 1.807) is 12.1 Å². The van der Waals surface area contributed by atoms with E-state index in [0.717, 1.165) is 38.4 Å². The molecule has 0 amide bonds. The highest BCUT2D eigenvalue weighted by Crippen LogP contribution is 2.18. The highest BCUT2D eigenvalue weighted by molar-refractivity contribution is 5.46. The number of aromatic nitrogens is 1. The molecule has 4 heteroatoms. The molecule has 3 rings (SSSR count). The number of benzene rings is 1. The Morgan fingerprint density at radius 1 is 1.00 bits per heavy atom. The second-order valence-corrected chi connectivity index (χ2v) is 5.10. The molecule has 3 nitrogen and oxygen atoms in total. The maximum Gasteiger partial charge on any atom is 0.125 e. The second-order valence-electron chi connectivity index (χ2n) is 5.10. The first kappa shape index (κ1) is 13.1. The van der Waals surface area contributed by atoms with E-state index in [-0.39, 0.29) is 5.82 Å². The number of piperazine rings is 1. The van der Waals surface area contributed by atoms with Crippen molar-refractivity contribution < 1.29 is 4.39 Å². The molecule has 1 aromatic carbocycles. The molecule has 0 spiro atoms. The van der Waals surface area contributed by atoms with E-state index in [0.29, 0.717) is 0 Å². The molecule has 0 N–H and O–H groups in total. The maximum atomic E-state index is 13.2. The summed E-state index contributed by atoms with van der Waals surface area (Å²) in [7, 11) is 0. The summed E-state index contributed by atoms with van der Waals surface area (Å²) in [5, 5.41) is 0. The van der Waals surface area contributed by atoms with Gasteiger partial charge in [-0.2, -0.15) is 0 Å². The largest absolute Gasteiger partial charge is 0.369 e. The van der Waals surface area contributed by atoms with E-state index in [1.165, 1.54) is 11.6 Å². The van der Waals surface area contributed by atoms with Crippen LogP contribution >= 0.6 is 0 Å². The third kappa shape index (κ3) is 3.14. The maximum absolute atomic E-state index is 13.2. The Hall–Kier alpha value is -1.94. The van der Waals surface area contributed by atoms with E-state index in [9.17, 15) is 4.39 Å². The number of nitrogens with zero attached hydrogens (tertiary/aromatic N) is 3. The van der Waals surface area contributed by atoms with Crippen LogP contribution in [-0.2, 0) is 6.54 Å². The third-order valence-corrected chi connectivity index (χ3v) is 3.70. The number of hydrogen-bond acceptors (Lipinski definition) is 3.